The van der Waals surface area contributed by atoms with Gasteiger partial charge in [0.1, 0.15) is 16.5 Å². The minimum absolute atomic E-state index is 0.0175. The Bertz CT molecular complexity index is 1430. The van der Waals surface area contributed by atoms with Crippen LogP contribution < -0.4 is 14.4 Å². The number of aromatic nitrogens is 1. The molecule has 4 rings (SSSR count). The van der Waals surface area contributed by atoms with Crippen LogP contribution >= 0.6 is 22.9 Å². The number of aliphatic hydroxyl groups excluding tert-OH is 1. The van der Waals surface area contributed by atoms with Crippen LogP contribution in [0.25, 0.3) is 0 Å². The lowest BCUT2D eigenvalue weighted by Gasteiger charge is -2.24. The zero-order valence-corrected chi connectivity index (χ0v) is 24.4. The number of hydrogen-bond donors (Lipinski definition) is 2. The van der Waals surface area contributed by atoms with Crippen molar-refractivity contribution in [1.82, 2.24) is 4.98 Å². The van der Waals surface area contributed by atoms with Gasteiger partial charge in [-0.1, -0.05) is 42.3 Å². The third-order valence-corrected chi connectivity index (χ3v) is 10.3. The summed E-state index contributed by atoms with van der Waals surface area (Å²) in [5.41, 5.74) is 1.61. The molecule has 1 atom stereocenters. The van der Waals surface area contributed by atoms with Gasteiger partial charge in [0, 0.05) is 13.2 Å². The van der Waals surface area contributed by atoms with Crippen molar-refractivity contribution in [3.63, 3.8) is 0 Å². The molecule has 0 radical (unpaired) electrons. The Balaban J connectivity index is 1.61. The first kappa shape index (κ1) is 29.5. The Morgan fingerprint density at radius 2 is 2.03 bits per heavy atom. The van der Waals surface area contributed by atoms with Crippen molar-refractivity contribution in [3.8, 4) is 5.75 Å². The maximum Gasteiger partial charge on any atom is 0.269 e. The summed E-state index contributed by atoms with van der Waals surface area (Å²) in [6.07, 6.45) is 4.64. The molecule has 2 N–H and O–H groups in total. The average Bonchev–Trinajstić information content (AvgIpc) is 3.56. The number of ether oxygens (including phenoxy) is 1. The third-order valence-electron chi connectivity index (χ3n) is 7.30. The second kappa shape index (κ2) is 12.0. The number of sulfonamides is 1. The van der Waals surface area contributed by atoms with E-state index >= 15 is 4.39 Å². The van der Waals surface area contributed by atoms with Crippen LogP contribution in [0.3, 0.4) is 0 Å². The predicted molar refractivity (Wildman–Crippen MR) is 150 cm³/mol. The first-order valence-corrected chi connectivity index (χ1v) is 15.3. The molecule has 3 aromatic rings. The van der Waals surface area contributed by atoms with Crippen LogP contribution in [0.1, 0.15) is 43.7 Å². The number of aliphatic hydroxyl groups is 1. The van der Waals surface area contributed by atoms with Crippen molar-refractivity contribution >= 4 is 43.8 Å². The summed E-state index contributed by atoms with van der Waals surface area (Å²) in [5.74, 6) is -0.150. The van der Waals surface area contributed by atoms with Gasteiger partial charge in [0.15, 0.2) is 5.13 Å². The van der Waals surface area contributed by atoms with E-state index in [9.17, 15) is 17.9 Å². The topological polar surface area (TPSA) is 91.8 Å². The van der Waals surface area contributed by atoms with Crippen LogP contribution in [0.4, 0.5) is 19.6 Å². The van der Waals surface area contributed by atoms with Crippen LogP contribution in [0.2, 0.25) is 5.02 Å². The molecule has 2 aromatic carbocycles. The average molecular weight is 600 g/mol. The zero-order valence-electron chi connectivity index (χ0n) is 22.0. The number of nitrogens with zero attached hydrogens (tertiary/aromatic N) is 2. The highest BCUT2D eigenvalue weighted by Crippen LogP contribution is 2.50. The first-order valence-electron chi connectivity index (χ1n) is 12.6. The summed E-state index contributed by atoms with van der Waals surface area (Å²) >= 11 is 6.99. The van der Waals surface area contributed by atoms with E-state index in [1.165, 1.54) is 7.11 Å². The SMILES string of the molecule is CC[C@H](CNc1cc(F)c(S(=O)(=O)N(Cc2ccc(OC)cc2C)c2ncc(F)s2)cc1Cl)CC1(CO)CC1. The van der Waals surface area contributed by atoms with E-state index < -0.39 is 25.9 Å². The van der Waals surface area contributed by atoms with E-state index in [0.717, 1.165) is 53.9 Å². The third kappa shape index (κ3) is 6.65. The molecule has 1 aromatic heterocycles. The number of methoxy groups -OCH3 is 1. The minimum Gasteiger partial charge on any atom is -0.497 e. The molecule has 12 heteroatoms. The Morgan fingerprint density at radius 1 is 1.28 bits per heavy atom. The van der Waals surface area contributed by atoms with Gasteiger partial charge in [-0.15, -0.1) is 0 Å². The summed E-state index contributed by atoms with van der Waals surface area (Å²) in [4.78, 5) is 3.28. The van der Waals surface area contributed by atoms with Crippen molar-refractivity contribution in [2.75, 3.05) is 29.9 Å². The summed E-state index contributed by atoms with van der Waals surface area (Å²) in [6, 6.07) is 7.27. The van der Waals surface area contributed by atoms with Crippen molar-refractivity contribution in [1.29, 1.82) is 0 Å². The van der Waals surface area contributed by atoms with Crippen molar-refractivity contribution in [2.24, 2.45) is 11.3 Å². The van der Waals surface area contributed by atoms with Gasteiger partial charge in [0.25, 0.3) is 10.0 Å². The lowest BCUT2D eigenvalue weighted by molar-refractivity contribution is 0.184. The minimum atomic E-state index is -4.53. The molecule has 1 aliphatic rings. The molecule has 1 saturated carbocycles. The van der Waals surface area contributed by atoms with Crippen molar-refractivity contribution in [3.05, 3.63) is 63.6 Å². The molecule has 212 valence electrons. The summed E-state index contributed by atoms with van der Waals surface area (Å²) in [7, 11) is -3.00. The van der Waals surface area contributed by atoms with Crippen LogP contribution in [-0.4, -0.2) is 38.8 Å². The van der Waals surface area contributed by atoms with Gasteiger partial charge in [0.05, 0.1) is 30.6 Å². The Kier molecular flexibility index (Phi) is 9.05. The Hall–Kier alpha value is -2.47. The molecular formula is C27H32ClF2N3O4S2. The smallest absolute Gasteiger partial charge is 0.269 e. The van der Waals surface area contributed by atoms with Gasteiger partial charge in [0.2, 0.25) is 5.13 Å². The van der Waals surface area contributed by atoms with Crippen LogP contribution in [-0.2, 0) is 16.6 Å². The fraction of sp³-hybridized carbons (Fsp3) is 0.444. The highest BCUT2D eigenvalue weighted by molar-refractivity contribution is 7.93. The first-order chi connectivity index (χ1) is 18.5. The number of thiazole rings is 1. The van der Waals surface area contributed by atoms with E-state index in [4.69, 9.17) is 16.3 Å². The fourth-order valence-corrected chi connectivity index (χ4v) is 7.18. The number of aryl methyl sites for hydroxylation is 1. The van der Waals surface area contributed by atoms with Crippen LogP contribution in [0, 0.1) is 29.2 Å². The van der Waals surface area contributed by atoms with Gasteiger partial charge in [-0.05, 0) is 72.9 Å². The lowest BCUT2D eigenvalue weighted by Crippen LogP contribution is -2.31. The van der Waals surface area contributed by atoms with E-state index in [0.29, 0.717) is 29.2 Å². The maximum absolute atomic E-state index is 15.4. The quantitative estimate of drug-likeness (QED) is 0.237. The second-order valence-corrected chi connectivity index (χ2v) is 13.2. The fourth-order valence-electron chi connectivity index (χ4n) is 4.56. The normalized spacial score (nSPS) is 15.2. The van der Waals surface area contributed by atoms with E-state index in [1.54, 1.807) is 25.1 Å². The number of rotatable bonds is 13. The van der Waals surface area contributed by atoms with E-state index in [-0.39, 0.29) is 40.3 Å². The largest absolute Gasteiger partial charge is 0.497 e. The van der Waals surface area contributed by atoms with Crippen molar-refractivity contribution in [2.45, 2.75) is 51.0 Å². The maximum atomic E-state index is 15.4. The van der Waals surface area contributed by atoms with E-state index in [1.807, 2.05) is 0 Å². The predicted octanol–water partition coefficient (Wildman–Crippen LogP) is 6.39. The standard InChI is InChI=1S/C27H32ClF2N3O4S2/c1-4-18(12-27(16-34)7-8-27)13-31-23-11-22(29)24(10-21(23)28)39(35,36)33(26-32-14-25(30)38-26)15-19-5-6-20(37-3)9-17(19)2/h5-6,9-11,14,18,31,34H,4,7-8,12-13,15-16H2,1-3H3/t18-/m0/s1. The second-order valence-electron chi connectivity index (χ2n) is 10.0. The Labute approximate surface area is 236 Å². The van der Waals surface area contributed by atoms with E-state index in [2.05, 4.69) is 17.2 Å². The summed E-state index contributed by atoms with van der Waals surface area (Å²) in [6.45, 7) is 4.30. The highest BCUT2D eigenvalue weighted by Gasteiger charge is 2.43. The van der Waals surface area contributed by atoms with Gasteiger partial charge in [-0.2, -0.15) is 4.39 Å². The summed E-state index contributed by atoms with van der Waals surface area (Å²) in [5, 5.41) is 12.0. The van der Waals surface area contributed by atoms with Gasteiger partial charge in [-0.25, -0.2) is 22.1 Å². The lowest BCUT2D eigenvalue weighted by atomic mass is 9.90. The van der Waals surface area contributed by atoms with Gasteiger partial charge >= 0.3 is 0 Å². The van der Waals surface area contributed by atoms with Gasteiger partial charge < -0.3 is 15.2 Å². The van der Waals surface area contributed by atoms with Gasteiger partial charge in [-0.3, -0.25) is 0 Å². The molecule has 0 unspecified atom stereocenters. The van der Waals surface area contributed by atoms with Crippen LogP contribution in [0.15, 0.2) is 41.4 Å². The zero-order chi connectivity index (χ0) is 28.4. The van der Waals surface area contributed by atoms with Crippen LogP contribution in [0.5, 0.6) is 5.75 Å². The number of benzene rings is 2. The Morgan fingerprint density at radius 3 is 2.59 bits per heavy atom. The number of nitrogens with one attached hydrogen (secondary N) is 1. The monoisotopic (exact) mass is 599 g/mol. The number of hydrogen-bond acceptors (Lipinski definition) is 7. The molecule has 39 heavy (non-hydrogen) atoms. The number of halogens is 3. The highest BCUT2D eigenvalue weighted by atomic mass is 35.5. The molecule has 0 saturated heterocycles. The molecule has 0 bridgehead atoms. The molecular weight excluding hydrogens is 568 g/mol. The molecule has 0 amide bonds. The molecule has 1 heterocycles. The molecule has 1 fully saturated rings. The number of anilines is 2. The molecule has 7 nitrogen and oxygen atoms in total. The summed E-state index contributed by atoms with van der Waals surface area (Å²) < 4.78 is 63.0. The molecule has 0 spiro atoms. The molecule has 1 aliphatic carbocycles. The molecule has 0 aliphatic heterocycles. The van der Waals surface area contributed by atoms with Crippen molar-refractivity contribution < 1.29 is 27.0 Å².